The average Bonchev–Trinajstić information content (AvgIpc) is 3.06. The van der Waals surface area contributed by atoms with Gasteiger partial charge in [0, 0.05) is 16.9 Å². The zero-order chi connectivity index (χ0) is 24.3. The Morgan fingerprint density at radius 3 is 2.31 bits per heavy atom. The number of hydrogen-bond acceptors (Lipinski definition) is 5. The summed E-state index contributed by atoms with van der Waals surface area (Å²) in [4.78, 5) is 1.44. The number of benzene rings is 1. The highest BCUT2D eigenvalue weighted by atomic mass is 32.2. The molecule has 0 saturated heterocycles. The maximum atomic E-state index is 11.5. The van der Waals surface area contributed by atoms with Gasteiger partial charge in [-0.05, 0) is 73.5 Å². The van der Waals surface area contributed by atoms with Gasteiger partial charge in [-0.2, -0.15) is 0 Å². The number of ether oxygens (including phenoxy) is 1. The van der Waals surface area contributed by atoms with Crippen molar-refractivity contribution in [1.82, 2.24) is 0 Å². The topological polar surface area (TPSA) is 63.6 Å². The molecule has 0 spiro atoms. The first-order valence-corrected chi connectivity index (χ1v) is 14.6. The summed E-state index contributed by atoms with van der Waals surface area (Å²) in [6, 6.07) is 6.23. The number of sulfone groups is 1. The van der Waals surface area contributed by atoms with Gasteiger partial charge in [-0.25, -0.2) is 8.42 Å². The zero-order valence-electron chi connectivity index (χ0n) is 21.1. The third kappa shape index (κ3) is 6.54. The molecule has 1 heterocycles. The SMILES string of the molecule is CCC(CC)(c1ccc(OCS(C)(=O)=O)c(C)c1)C1CC(C)=C(CC[C@@H](O)C(C)(C)C)S1. The summed E-state index contributed by atoms with van der Waals surface area (Å²) < 4.78 is 28.5. The molecule has 0 bridgehead atoms. The predicted octanol–water partition coefficient (Wildman–Crippen LogP) is 6.40. The number of aliphatic hydroxyl groups excluding tert-OH is 1. The molecule has 2 atom stereocenters. The summed E-state index contributed by atoms with van der Waals surface area (Å²) in [5.41, 5.74) is 3.67. The lowest BCUT2D eigenvalue weighted by molar-refractivity contribution is 0.0564. The third-order valence-electron chi connectivity index (χ3n) is 6.95. The fourth-order valence-corrected chi connectivity index (χ4v) is 6.81. The number of aliphatic hydroxyl groups is 1. The normalized spacial score (nSPS) is 18.8. The van der Waals surface area contributed by atoms with Crippen LogP contribution in [0.4, 0.5) is 0 Å². The Morgan fingerprint density at radius 1 is 1.19 bits per heavy atom. The Kier molecular flexibility index (Phi) is 8.96. The zero-order valence-corrected chi connectivity index (χ0v) is 22.8. The van der Waals surface area contributed by atoms with Crippen molar-refractivity contribution in [2.45, 2.75) is 97.3 Å². The highest BCUT2D eigenvalue weighted by molar-refractivity contribution is 8.04. The monoisotopic (exact) mass is 482 g/mol. The van der Waals surface area contributed by atoms with E-state index in [-0.39, 0.29) is 22.9 Å². The van der Waals surface area contributed by atoms with Crippen LogP contribution in [-0.2, 0) is 15.3 Å². The maximum absolute atomic E-state index is 11.5. The molecule has 1 aromatic carbocycles. The van der Waals surface area contributed by atoms with E-state index < -0.39 is 9.84 Å². The molecule has 0 amide bonds. The molecular formula is C26H42O4S2. The number of aryl methyl sites for hydroxylation is 1. The number of allylic oxidation sites excluding steroid dienone is 2. The van der Waals surface area contributed by atoms with Crippen LogP contribution in [-0.4, -0.2) is 37.1 Å². The van der Waals surface area contributed by atoms with Gasteiger partial charge in [-0.15, -0.1) is 11.8 Å². The molecule has 182 valence electrons. The molecule has 32 heavy (non-hydrogen) atoms. The maximum Gasteiger partial charge on any atom is 0.188 e. The van der Waals surface area contributed by atoms with Crippen LogP contribution in [0.15, 0.2) is 28.7 Å². The Labute approximate surface area is 200 Å². The number of thioether (sulfide) groups is 1. The predicted molar refractivity (Wildman–Crippen MR) is 137 cm³/mol. The molecule has 0 fully saturated rings. The first-order chi connectivity index (χ1) is 14.7. The van der Waals surface area contributed by atoms with E-state index in [1.807, 2.05) is 24.8 Å². The number of hydrogen-bond donors (Lipinski definition) is 1. The van der Waals surface area contributed by atoms with Gasteiger partial charge in [0.1, 0.15) is 5.75 Å². The standard InChI is InChI=1S/C26H42O4S2/c1-9-26(10-2,20-11-12-21(18(3)15-20)30-17-32(8,28)29)24-16-19(4)22(31-24)13-14-23(27)25(5,6)7/h11-12,15,23-24,27H,9-10,13-14,16-17H2,1-8H3/t23-,24?/m1/s1. The molecule has 1 aliphatic heterocycles. The smallest absolute Gasteiger partial charge is 0.188 e. The van der Waals surface area contributed by atoms with Crippen LogP contribution in [0, 0.1) is 12.3 Å². The van der Waals surface area contributed by atoms with E-state index in [2.05, 4.69) is 53.7 Å². The fraction of sp³-hybridized carbons (Fsp3) is 0.692. The van der Waals surface area contributed by atoms with Gasteiger partial charge in [-0.1, -0.05) is 52.3 Å². The van der Waals surface area contributed by atoms with Crippen LogP contribution in [0.25, 0.3) is 0 Å². The van der Waals surface area contributed by atoms with Crippen molar-refractivity contribution >= 4 is 21.6 Å². The van der Waals surface area contributed by atoms with E-state index in [1.165, 1.54) is 22.3 Å². The Morgan fingerprint density at radius 2 is 1.81 bits per heavy atom. The van der Waals surface area contributed by atoms with Gasteiger partial charge in [0.2, 0.25) is 0 Å². The largest absolute Gasteiger partial charge is 0.478 e. The summed E-state index contributed by atoms with van der Waals surface area (Å²) in [5, 5.41) is 11.0. The lowest BCUT2D eigenvalue weighted by atomic mass is 9.71. The first-order valence-electron chi connectivity index (χ1n) is 11.7. The molecule has 1 aromatic rings. The summed E-state index contributed by atoms with van der Waals surface area (Å²) >= 11 is 2.00. The van der Waals surface area contributed by atoms with E-state index in [0.717, 1.165) is 37.7 Å². The van der Waals surface area contributed by atoms with Crippen molar-refractivity contribution in [2.24, 2.45) is 5.41 Å². The summed E-state index contributed by atoms with van der Waals surface area (Å²) in [6.45, 7) is 15.0. The molecule has 0 saturated carbocycles. The van der Waals surface area contributed by atoms with Gasteiger partial charge in [0.05, 0.1) is 6.10 Å². The van der Waals surface area contributed by atoms with Crippen molar-refractivity contribution in [3.8, 4) is 5.75 Å². The molecule has 4 nitrogen and oxygen atoms in total. The van der Waals surface area contributed by atoms with Gasteiger partial charge in [0.15, 0.2) is 15.8 Å². The molecular weight excluding hydrogens is 440 g/mol. The van der Waals surface area contributed by atoms with Crippen molar-refractivity contribution in [3.63, 3.8) is 0 Å². The minimum atomic E-state index is -3.18. The summed E-state index contributed by atoms with van der Waals surface area (Å²) in [6.07, 6.45) is 5.76. The van der Waals surface area contributed by atoms with Crippen molar-refractivity contribution in [3.05, 3.63) is 39.8 Å². The fourth-order valence-electron chi connectivity index (χ4n) is 4.58. The molecule has 1 unspecified atom stereocenters. The van der Waals surface area contributed by atoms with Crippen LogP contribution in [0.2, 0.25) is 0 Å². The summed E-state index contributed by atoms with van der Waals surface area (Å²) in [5.74, 6) is 0.330. The second-order valence-corrected chi connectivity index (χ2v) is 13.9. The van der Waals surface area contributed by atoms with Gasteiger partial charge < -0.3 is 9.84 Å². The lowest BCUT2D eigenvalue weighted by Crippen LogP contribution is -2.35. The Balaban J connectivity index is 2.21. The highest BCUT2D eigenvalue weighted by Gasteiger charge is 2.41. The second kappa shape index (κ2) is 10.5. The third-order valence-corrected chi connectivity index (χ3v) is 9.24. The highest BCUT2D eigenvalue weighted by Crippen LogP contribution is 2.52. The minimum absolute atomic E-state index is 0.0381. The molecule has 0 aromatic heterocycles. The minimum Gasteiger partial charge on any atom is -0.478 e. The van der Waals surface area contributed by atoms with Crippen LogP contribution in [0.5, 0.6) is 5.75 Å². The quantitative estimate of drug-likeness (QED) is 0.418. The lowest BCUT2D eigenvalue weighted by Gasteiger charge is -2.39. The molecule has 0 radical (unpaired) electrons. The van der Waals surface area contributed by atoms with E-state index in [9.17, 15) is 13.5 Å². The Bertz CT molecular complexity index is 922. The van der Waals surface area contributed by atoms with Crippen molar-refractivity contribution in [1.29, 1.82) is 0 Å². The van der Waals surface area contributed by atoms with Crippen LogP contribution < -0.4 is 4.74 Å². The van der Waals surface area contributed by atoms with E-state index in [0.29, 0.717) is 11.0 Å². The van der Waals surface area contributed by atoms with Crippen LogP contribution >= 0.6 is 11.8 Å². The first kappa shape index (κ1) is 27.3. The van der Waals surface area contributed by atoms with Gasteiger partial charge >= 0.3 is 0 Å². The van der Waals surface area contributed by atoms with E-state index in [4.69, 9.17) is 4.74 Å². The van der Waals surface area contributed by atoms with Crippen LogP contribution in [0.3, 0.4) is 0 Å². The Hall–Kier alpha value is -0.980. The second-order valence-electron chi connectivity index (χ2n) is 10.5. The average molecular weight is 483 g/mol. The van der Waals surface area contributed by atoms with Crippen molar-refractivity contribution in [2.75, 3.05) is 12.2 Å². The van der Waals surface area contributed by atoms with E-state index in [1.54, 1.807) is 0 Å². The molecule has 1 N–H and O–H groups in total. The number of rotatable bonds is 10. The molecule has 2 rings (SSSR count). The molecule has 6 heteroatoms. The molecule has 1 aliphatic rings. The summed E-state index contributed by atoms with van der Waals surface area (Å²) in [7, 11) is -3.18. The van der Waals surface area contributed by atoms with Crippen molar-refractivity contribution < 1.29 is 18.3 Å². The van der Waals surface area contributed by atoms with Gasteiger partial charge in [0.25, 0.3) is 0 Å². The molecule has 0 aliphatic carbocycles. The van der Waals surface area contributed by atoms with E-state index >= 15 is 0 Å². The van der Waals surface area contributed by atoms with Crippen LogP contribution in [0.1, 0.15) is 84.8 Å². The van der Waals surface area contributed by atoms with Gasteiger partial charge in [-0.3, -0.25) is 0 Å².